The smallest absolute Gasteiger partial charge is 0.298 e. The molecule has 0 aliphatic rings. The summed E-state index contributed by atoms with van der Waals surface area (Å²) in [5.41, 5.74) is 6.94. The molecular formula is C9H15N3O2S. The fourth-order valence-electron chi connectivity index (χ4n) is 1.31. The van der Waals surface area contributed by atoms with Crippen molar-refractivity contribution in [3.63, 3.8) is 0 Å². The highest BCUT2D eigenvalue weighted by Gasteiger charge is 2.15. The van der Waals surface area contributed by atoms with Gasteiger partial charge in [0, 0.05) is 13.1 Å². The highest BCUT2D eigenvalue weighted by Crippen LogP contribution is 2.16. The van der Waals surface area contributed by atoms with Crippen molar-refractivity contribution in [2.45, 2.75) is 13.5 Å². The highest BCUT2D eigenvalue weighted by molar-refractivity contribution is 7.90. The maximum Gasteiger partial charge on any atom is 0.298 e. The molecule has 15 heavy (non-hydrogen) atoms. The van der Waals surface area contributed by atoms with Gasteiger partial charge in [-0.25, -0.2) is 5.14 Å². The fraction of sp³-hybridized carbons (Fsp3) is 0.333. The first kappa shape index (κ1) is 12.0. The molecule has 6 heteroatoms. The van der Waals surface area contributed by atoms with E-state index in [0.717, 1.165) is 9.87 Å². The zero-order valence-corrected chi connectivity index (χ0v) is 9.37. The average Bonchev–Trinajstić information content (AvgIpc) is 2.18. The number of anilines is 1. The molecule has 0 spiro atoms. The van der Waals surface area contributed by atoms with Gasteiger partial charge in [-0.2, -0.15) is 8.42 Å². The first-order valence-electron chi connectivity index (χ1n) is 4.58. The van der Waals surface area contributed by atoms with E-state index in [2.05, 4.69) is 0 Å². The van der Waals surface area contributed by atoms with Crippen molar-refractivity contribution in [3.05, 3.63) is 29.8 Å². The minimum atomic E-state index is -3.69. The largest absolute Gasteiger partial charge is 0.326 e. The summed E-state index contributed by atoms with van der Waals surface area (Å²) in [4.78, 5) is 0. The number of rotatable bonds is 4. The minimum Gasteiger partial charge on any atom is -0.326 e. The molecule has 84 valence electrons. The topological polar surface area (TPSA) is 89.4 Å². The van der Waals surface area contributed by atoms with Crippen LogP contribution in [0.4, 0.5) is 5.69 Å². The number of nitrogens with two attached hydrogens (primary N) is 2. The van der Waals surface area contributed by atoms with Gasteiger partial charge in [-0.1, -0.05) is 12.1 Å². The summed E-state index contributed by atoms with van der Waals surface area (Å²) >= 11 is 0. The molecule has 4 N–H and O–H groups in total. The molecule has 0 aromatic heterocycles. The Balaban J connectivity index is 3.04. The van der Waals surface area contributed by atoms with Crippen molar-refractivity contribution in [3.8, 4) is 0 Å². The third-order valence-electron chi connectivity index (χ3n) is 2.05. The van der Waals surface area contributed by atoms with Crippen LogP contribution < -0.4 is 15.2 Å². The number of hydrogen-bond donors (Lipinski definition) is 2. The van der Waals surface area contributed by atoms with Crippen LogP contribution in [0.1, 0.15) is 12.5 Å². The summed E-state index contributed by atoms with van der Waals surface area (Å²) in [6.07, 6.45) is 0. The van der Waals surface area contributed by atoms with Gasteiger partial charge in [0.1, 0.15) is 0 Å². The summed E-state index contributed by atoms with van der Waals surface area (Å²) in [6, 6.07) is 6.94. The molecule has 0 heterocycles. The first-order valence-corrected chi connectivity index (χ1v) is 6.08. The molecule has 1 rings (SSSR count). The molecule has 0 aliphatic heterocycles. The number of hydrogen-bond acceptors (Lipinski definition) is 3. The molecule has 0 saturated carbocycles. The van der Waals surface area contributed by atoms with E-state index < -0.39 is 10.2 Å². The Bertz CT molecular complexity index is 413. The van der Waals surface area contributed by atoms with Crippen LogP contribution in [0.2, 0.25) is 0 Å². The molecule has 0 unspecified atom stereocenters. The predicted octanol–water partition coefficient (Wildman–Crippen LogP) is 0.175. The van der Waals surface area contributed by atoms with Crippen LogP contribution >= 0.6 is 0 Å². The Labute approximate surface area is 89.9 Å². The summed E-state index contributed by atoms with van der Waals surface area (Å²) in [6.45, 7) is 2.46. The summed E-state index contributed by atoms with van der Waals surface area (Å²) < 4.78 is 23.5. The lowest BCUT2D eigenvalue weighted by atomic mass is 10.2. The normalized spacial score (nSPS) is 11.4. The predicted molar refractivity (Wildman–Crippen MR) is 60.5 cm³/mol. The van der Waals surface area contributed by atoms with Gasteiger partial charge in [-0.3, -0.25) is 4.31 Å². The second-order valence-corrected chi connectivity index (χ2v) is 4.55. The Morgan fingerprint density at radius 2 is 1.80 bits per heavy atom. The summed E-state index contributed by atoms with van der Waals surface area (Å²) in [5.74, 6) is 0. The molecule has 1 aromatic rings. The van der Waals surface area contributed by atoms with Gasteiger partial charge in [-0.15, -0.1) is 0 Å². The van der Waals surface area contributed by atoms with Crippen LogP contribution in [-0.2, 0) is 16.8 Å². The molecule has 0 amide bonds. The van der Waals surface area contributed by atoms with Crippen molar-refractivity contribution in [1.29, 1.82) is 0 Å². The SMILES string of the molecule is CCN(c1ccc(CN)cc1)S(N)(=O)=O. The van der Waals surface area contributed by atoms with E-state index in [1.807, 2.05) is 0 Å². The van der Waals surface area contributed by atoms with Crippen molar-refractivity contribution < 1.29 is 8.42 Å². The quantitative estimate of drug-likeness (QED) is 0.771. The Hall–Kier alpha value is -1.11. The second kappa shape index (κ2) is 4.61. The average molecular weight is 229 g/mol. The lowest BCUT2D eigenvalue weighted by Crippen LogP contribution is -2.36. The van der Waals surface area contributed by atoms with Crippen molar-refractivity contribution in [1.82, 2.24) is 0 Å². The van der Waals surface area contributed by atoms with Gasteiger partial charge >= 0.3 is 0 Å². The molecular weight excluding hydrogens is 214 g/mol. The second-order valence-electron chi connectivity index (χ2n) is 3.08. The molecule has 1 aromatic carbocycles. The third kappa shape index (κ3) is 2.92. The van der Waals surface area contributed by atoms with Crippen LogP contribution in [-0.4, -0.2) is 15.0 Å². The standard InChI is InChI=1S/C9H15N3O2S/c1-2-12(15(11,13)14)9-5-3-8(7-10)4-6-9/h3-6H,2,7,10H2,1H3,(H2,11,13,14). The number of nitrogens with zero attached hydrogens (tertiary/aromatic N) is 1. The Kier molecular flexibility index (Phi) is 3.67. The molecule has 0 atom stereocenters. The van der Waals surface area contributed by atoms with Crippen molar-refractivity contribution in [2.24, 2.45) is 10.9 Å². The summed E-state index contributed by atoms with van der Waals surface area (Å²) in [7, 11) is -3.69. The van der Waals surface area contributed by atoms with Crippen molar-refractivity contribution in [2.75, 3.05) is 10.8 Å². The zero-order chi connectivity index (χ0) is 11.5. The maximum atomic E-state index is 11.2. The van der Waals surface area contributed by atoms with Gasteiger partial charge in [0.2, 0.25) is 0 Å². The molecule has 0 saturated heterocycles. The van der Waals surface area contributed by atoms with E-state index in [0.29, 0.717) is 18.8 Å². The van der Waals surface area contributed by atoms with Gasteiger partial charge in [0.25, 0.3) is 10.2 Å². The molecule has 0 bridgehead atoms. The van der Waals surface area contributed by atoms with Gasteiger partial charge in [0.15, 0.2) is 0 Å². The lowest BCUT2D eigenvalue weighted by molar-refractivity contribution is 0.593. The van der Waals surface area contributed by atoms with E-state index in [1.54, 1.807) is 31.2 Å². The van der Waals surface area contributed by atoms with Crippen molar-refractivity contribution >= 4 is 15.9 Å². The highest BCUT2D eigenvalue weighted by atomic mass is 32.2. The fourth-order valence-corrected chi connectivity index (χ4v) is 2.08. The van der Waals surface area contributed by atoms with Crippen LogP contribution in [0, 0.1) is 0 Å². The summed E-state index contributed by atoms with van der Waals surface area (Å²) in [5, 5.41) is 5.07. The zero-order valence-electron chi connectivity index (χ0n) is 8.55. The molecule has 0 radical (unpaired) electrons. The van der Waals surface area contributed by atoms with E-state index in [-0.39, 0.29) is 0 Å². The Morgan fingerprint density at radius 3 is 2.13 bits per heavy atom. The lowest BCUT2D eigenvalue weighted by Gasteiger charge is -2.19. The van der Waals surface area contributed by atoms with Gasteiger partial charge in [0.05, 0.1) is 5.69 Å². The minimum absolute atomic E-state index is 0.306. The van der Waals surface area contributed by atoms with Gasteiger partial charge in [-0.05, 0) is 24.6 Å². The third-order valence-corrected chi connectivity index (χ3v) is 3.14. The van der Waals surface area contributed by atoms with Crippen LogP contribution in [0.5, 0.6) is 0 Å². The van der Waals surface area contributed by atoms with Crippen LogP contribution in [0.25, 0.3) is 0 Å². The van der Waals surface area contributed by atoms with Gasteiger partial charge < -0.3 is 5.73 Å². The van der Waals surface area contributed by atoms with E-state index in [4.69, 9.17) is 10.9 Å². The van der Waals surface area contributed by atoms with E-state index in [1.165, 1.54) is 0 Å². The van der Waals surface area contributed by atoms with E-state index in [9.17, 15) is 8.42 Å². The Morgan fingerprint density at radius 1 is 1.27 bits per heavy atom. The van der Waals surface area contributed by atoms with Crippen LogP contribution in [0.3, 0.4) is 0 Å². The molecule has 5 nitrogen and oxygen atoms in total. The maximum absolute atomic E-state index is 11.2. The van der Waals surface area contributed by atoms with E-state index >= 15 is 0 Å². The number of benzene rings is 1. The molecule has 0 aliphatic carbocycles. The molecule has 0 fully saturated rings. The monoisotopic (exact) mass is 229 g/mol. The first-order chi connectivity index (χ1) is 6.99. The van der Waals surface area contributed by atoms with Crippen LogP contribution in [0.15, 0.2) is 24.3 Å².